The molecule has 70 valence electrons. The van der Waals surface area contributed by atoms with Crippen molar-refractivity contribution in [3.05, 3.63) is 11.9 Å². The van der Waals surface area contributed by atoms with Crippen molar-refractivity contribution in [3.8, 4) is 0 Å². The fourth-order valence-corrected chi connectivity index (χ4v) is 0.706. The van der Waals surface area contributed by atoms with Crippen LogP contribution in [0.3, 0.4) is 0 Å². The van der Waals surface area contributed by atoms with E-state index in [1.54, 1.807) is 13.8 Å². The minimum Gasteiger partial charge on any atom is -0.287 e. The lowest BCUT2D eigenvalue weighted by molar-refractivity contribution is 0.575. The molecule has 1 nitrogen and oxygen atoms in total. The first-order chi connectivity index (χ1) is 5.61. The van der Waals surface area contributed by atoms with Crippen molar-refractivity contribution in [1.82, 2.24) is 0 Å². The molecular formula is C10H18FN. The smallest absolute Gasteiger partial charge is 0.139 e. The van der Waals surface area contributed by atoms with Crippen molar-refractivity contribution in [2.45, 2.75) is 34.1 Å². The van der Waals surface area contributed by atoms with Gasteiger partial charge < -0.3 is 0 Å². The largest absolute Gasteiger partial charge is 0.287 e. The van der Waals surface area contributed by atoms with Crippen LogP contribution in [0.2, 0.25) is 0 Å². The highest BCUT2D eigenvalue weighted by atomic mass is 19.1. The fraction of sp³-hybridized carbons (Fsp3) is 0.700. The van der Waals surface area contributed by atoms with Crippen molar-refractivity contribution in [2.24, 2.45) is 10.9 Å². The van der Waals surface area contributed by atoms with Crippen molar-refractivity contribution in [3.63, 3.8) is 0 Å². The minimum absolute atomic E-state index is 0.210. The van der Waals surface area contributed by atoms with Gasteiger partial charge in [0.05, 0.1) is 5.71 Å². The number of aliphatic imine (C=N–C) groups is 1. The van der Waals surface area contributed by atoms with E-state index in [2.05, 4.69) is 18.8 Å². The normalized spacial score (nSPS) is 16.4. The lowest BCUT2D eigenvalue weighted by Gasteiger charge is -2.03. The van der Waals surface area contributed by atoms with Crippen LogP contribution in [0, 0.1) is 5.92 Å². The van der Waals surface area contributed by atoms with Crippen molar-refractivity contribution < 1.29 is 4.39 Å². The van der Waals surface area contributed by atoms with Gasteiger partial charge in [0.15, 0.2) is 0 Å². The number of hydrogen-bond acceptors (Lipinski definition) is 1. The zero-order chi connectivity index (χ0) is 9.56. The van der Waals surface area contributed by atoms with Crippen LogP contribution in [0.25, 0.3) is 0 Å². The molecule has 0 amide bonds. The first kappa shape index (κ1) is 11.3. The van der Waals surface area contributed by atoms with Gasteiger partial charge in [0.25, 0.3) is 0 Å². The maximum absolute atomic E-state index is 12.8. The van der Waals surface area contributed by atoms with Gasteiger partial charge in [0, 0.05) is 6.54 Å². The second kappa shape index (κ2) is 5.92. The molecule has 0 aromatic heterocycles. The number of nitrogens with zero attached hydrogens (tertiary/aromatic N) is 1. The predicted molar refractivity (Wildman–Crippen MR) is 52.3 cm³/mol. The van der Waals surface area contributed by atoms with Crippen LogP contribution in [0.4, 0.5) is 4.39 Å². The van der Waals surface area contributed by atoms with Gasteiger partial charge in [0.1, 0.15) is 5.83 Å². The lowest BCUT2D eigenvalue weighted by atomic mass is 10.1. The Balaban J connectivity index is 4.01. The van der Waals surface area contributed by atoms with Gasteiger partial charge in [0.2, 0.25) is 0 Å². The van der Waals surface area contributed by atoms with E-state index in [1.165, 1.54) is 6.08 Å². The summed E-state index contributed by atoms with van der Waals surface area (Å²) in [6.07, 6.45) is 2.53. The number of rotatable bonds is 4. The molecule has 0 heterocycles. The Labute approximate surface area is 74.4 Å². The molecular weight excluding hydrogens is 153 g/mol. The Kier molecular flexibility index (Phi) is 5.60. The Hall–Kier alpha value is -0.660. The Morgan fingerprint density at radius 2 is 2.17 bits per heavy atom. The van der Waals surface area contributed by atoms with Crippen LogP contribution in [-0.4, -0.2) is 12.3 Å². The van der Waals surface area contributed by atoms with Crippen LogP contribution in [0.5, 0.6) is 0 Å². The van der Waals surface area contributed by atoms with Crippen molar-refractivity contribution in [2.75, 3.05) is 6.54 Å². The third-order valence-electron chi connectivity index (χ3n) is 1.94. The molecule has 0 aliphatic rings. The topological polar surface area (TPSA) is 12.4 Å². The number of halogens is 1. The summed E-state index contributed by atoms with van der Waals surface area (Å²) in [4.78, 5) is 4.14. The molecule has 0 bridgehead atoms. The molecule has 0 aliphatic heterocycles. The fourth-order valence-electron chi connectivity index (χ4n) is 0.706. The van der Waals surface area contributed by atoms with Crippen molar-refractivity contribution >= 4 is 5.71 Å². The SMILES string of the molecule is C/C=C(F)\C(C)=N/CC(C)CC. The van der Waals surface area contributed by atoms with Gasteiger partial charge in [-0.15, -0.1) is 0 Å². The zero-order valence-corrected chi connectivity index (χ0v) is 8.39. The van der Waals surface area contributed by atoms with E-state index in [4.69, 9.17) is 0 Å². The summed E-state index contributed by atoms with van der Waals surface area (Å²) in [7, 11) is 0. The molecule has 0 N–H and O–H groups in total. The summed E-state index contributed by atoms with van der Waals surface area (Å²) in [5.74, 6) is 0.336. The highest BCUT2D eigenvalue weighted by Crippen LogP contribution is 2.04. The molecule has 0 spiro atoms. The molecule has 2 heteroatoms. The summed E-state index contributed by atoms with van der Waals surface area (Å²) in [5.41, 5.74) is 0.512. The molecule has 0 rings (SSSR count). The molecule has 1 atom stereocenters. The maximum Gasteiger partial charge on any atom is 0.139 e. The van der Waals surface area contributed by atoms with Gasteiger partial charge in [-0.25, -0.2) is 4.39 Å². The molecule has 0 saturated heterocycles. The monoisotopic (exact) mass is 171 g/mol. The molecule has 1 unspecified atom stereocenters. The number of hydrogen-bond donors (Lipinski definition) is 0. The third kappa shape index (κ3) is 4.27. The Morgan fingerprint density at radius 1 is 1.58 bits per heavy atom. The van der Waals surface area contributed by atoms with Crippen molar-refractivity contribution in [1.29, 1.82) is 0 Å². The van der Waals surface area contributed by atoms with E-state index in [9.17, 15) is 4.39 Å². The van der Waals surface area contributed by atoms with Gasteiger partial charge in [-0.1, -0.05) is 20.3 Å². The average molecular weight is 171 g/mol. The first-order valence-electron chi connectivity index (χ1n) is 4.45. The van der Waals surface area contributed by atoms with E-state index in [1.807, 2.05) is 0 Å². The second-order valence-electron chi connectivity index (χ2n) is 3.08. The van der Waals surface area contributed by atoms with Gasteiger partial charge in [-0.3, -0.25) is 4.99 Å². The summed E-state index contributed by atoms with van der Waals surface area (Å²) >= 11 is 0. The molecule has 0 aromatic rings. The Bertz CT molecular complexity index is 182. The lowest BCUT2D eigenvalue weighted by Crippen LogP contribution is -2.01. The van der Waals surface area contributed by atoms with Crippen LogP contribution < -0.4 is 0 Å². The van der Waals surface area contributed by atoms with Crippen LogP contribution in [0.15, 0.2) is 16.9 Å². The molecule has 0 aliphatic carbocycles. The van der Waals surface area contributed by atoms with E-state index >= 15 is 0 Å². The molecule has 0 aromatic carbocycles. The highest BCUT2D eigenvalue weighted by molar-refractivity contribution is 5.96. The van der Waals surface area contributed by atoms with E-state index < -0.39 is 0 Å². The quantitative estimate of drug-likeness (QED) is 0.575. The second-order valence-corrected chi connectivity index (χ2v) is 3.08. The highest BCUT2D eigenvalue weighted by Gasteiger charge is 1.99. The van der Waals surface area contributed by atoms with Gasteiger partial charge in [-0.05, 0) is 25.8 Å². The minimum atomic E-state index is -0.210. The Morgan fingerprint density at radius 3 is 2.58 bits per heavy atom. The third-order valence-corrected chi connectivity index (χ3v) is 1.94. The maximum atomic E-state index is 12.8. The predicted octanol–water partition coefficient (Wildman–Crippen LogP) is 3.37. The molecule has 0 saturated carbocycles. The number of allylic oxidation sites excluding steroid dienone is 2. The van der Waals surface area contributed by atoms with E-state index in [0.717, 1.165) is 13.0 Å². The summed E-state index contributed by atoms with van der Waals surface area (Å²) < 4.78 is 12.8. The standard InChI is InChI=1S/C10H18FN/c1-5-8(3)7-12-9(4)10(11)6-2/h6,8H,5,7H2,1-4H3/b10-6+,12-9-. The van der Waals surface area contributed by atoms with Gasteiger partial charge in [-0.2, -0.15) is 0 Å². The molecule has 12 heavy (non-hydrogen) atoms. The molecule has 0 radical (unpaired) electrons. The summed E-state index contributed by atoms with van der Waals surface area (Å²) in [6, 6.07) is 0. The average Bonchev–Trinajstić information content (AvgIpc) is 2.11. The van der Waals surface area contributed by atoms with E-state index in [-0.39, 0.29) is 5.83 Å². The van der Waals surface area contributed by atoms with Gasteiger partial charge >= 0.3 is 0 Å². The summed E-state index contributed by atoms with van der Waals surface area (Å²) in [5, 5.41) is 0. The molecule has 0 fully saturated rings. The summed E-state index contributed by atoms with van der Waals surface area (Å²) in [6.45, 7) is 8.34. The van der Waals surface area contributed by atoms with Crippen LogP contribution in [-0.2, 0) is 0 Å². The zero-order valence-electron chi connectivity index (χ0n) is 8.39. The first-order valence-corrected chi connectivity index (χ1v) is 4.45. The van der Waals surface area contributed by atoms with Crippen LogP contribution >= 0.6 is 0 Å². The van der Waals surface area contributed by atoms with E-state index in [0.29, 0.717) is 11.6 Å². The van der Waals surface area contributed by atoms with Crippen LogP contribution in [0.1, 0.15) is 34.1 Å².